The number of benzene rings is 3. The highest BCUT2D eigenvalue weighted by molar-refractivity contribution is 7.80. The van der Waals surface area contributed by atoms with Crippen molar-refractivity contribution in [3.63, 3.8) is 0 Å². The van der Waals surface area contributed by atoms with Crippen LogP contribution in [0.3, 0.4) is 0 Å². The molecule has 0 aliphatic heterocycles. The first kappa shape index (κ1) is 27.9. The molecule has 0 unspecified atom stereocenters. The van der Waals surface area contributed by atoms with E-state index in [-0.39, 0.29) is 0 Å². The van der Waals surface area contributed by atoms with Crippen molar-refractivity contribution in [1.82, 2.24) is 0 Å². The van der Waals surface area contributed by atoms with Crippen LogP contribution in [-0.2, 0) is 0 Å². The minimum absolute atomic E-state index is 0.539. The van der Waals surface area contributed by atoms with E-state index in [0.29, 0.717) is 51.7 Å². The maximum atomic E-state index is 5.85. The van der Waals surface area contributed by atoms with Crippen LogP contribution in [0.5, 0.6) is 51.7 Å². The van der Waals surface area contributed by atoms with Crippen molar-refractivity contribution in [3.05, 3.63) is 36.4 Å². The number of methoxy groups -OCH3 is 9. The summed E-state index contributed by atoms with van der Waals surface area (Å²) >= 11 is 0. The zero-order valence-corrected chi connectivity index (χ0v) is 23.5. The smallest absolute Gasteiger partial charge is 0.164 e. The van der Waals surface area contributed by atoms with E-state index in [1.54, 1.807) is 82.2 Å². The van der Waals surface area contributed by atoms with Gasteiger partial charge < -0.3 is 42.6 Å². The normalized spacial score (nSPS) is 10.5. The molecule has 0 fully saturated rings. The summed E-state index contributed by atoms with van der Waals surface area (Å²) < 4.78 is 51.1. The molecule has 0 saturated carbocycles. The van der Waals surface area contributed by atoms with Gasteiger partial charge in [-0.1, -0.05) is 0 Å². The SMILES string of the molecule is COc1cc(OC)c(P(c2cc(OC)c(OC)cc2OC)c2cc(OC)c(OC)cc2OC)cc1OC. The van der Waals surface area contributed by atoms with Crippen molar-refractivity contribution in [1.29, 1.82) is 0 Å². The average Bonchev–Trinajstić information content (AvgIpc) is 2.95. The lowest BCUT2D eigenvalue weighted by atomic mass is 10.3. The molecule has 0 aromatic heterocycles. The molecule has 0 radical (unpaired) electrons. The van der Waals surface area contributed by atoms with Gasteiger partial charge in [-0.25, -0.2) is 0 Å². The van der Waals surface area contributed by atoms with E-state index >= 15 is 0 Å². The lowest BCUT2D eigenvalue weighted by Gasteiger charge is -2.27. The molecular formula is C27H33O9P. The first-order valence-electron chi connectivity index (χ1n) is 11.1. The van der Waals surface area contributed by atoms with Gasteiger partial charge in [0.1, 0.15) is 17.2 Å². The van der Waals surface area contributed by atoms with Gasteiger partial charge in [0.15, 0.2) is 34.5 Å². The minimum Gasteiger partial charge on any atom is -0.496 e. The standard InChI is InChI=1S/C27H33O9P/c1-28-16-10-22(34-7)25(13-19(16)31-4)37(26-14-20(32-5)17(29-2)11-23(26)35-8)27-15-21(33-6)18(30-3)12-24(27)36-9/h10-15H,1-9H3. The van der Waals surface area contributed by atoms with Crippen molar-refractivity contribution >= 4 is 23.8 Å². The summed E-state index contributed by atoms with van der Waals surface area (Å²) in [5.74, 6) is 5.04. The fourth-order valence-corrected chi connectivity index (χ4v) is 6.60. The molecule has 3 aromatic rings. The quantitative estimate of drug-likeness (QED) is 0.326. The Hall–Kier alpha value is -3.71. The Labute approximate surface area is 218 Å². The van der Waals surface area contributed by atoms with E-state index in [9.17, 15) is 0 Å². The van der Waals surface area contributed by atoms with Crippen LogP contribution < -0.4 is 58.5 Å². The number of ether oxygens (including phenoxy) is 9. The topological polar surface area (TPSA) is 83.1 Å². The van der Waals surface area contributed by atoms with E-state index in [1.807, 2.05) is 18.2 Å². The van der Waals surface area contributed by atoms with E-state index < -0.39 is 7.92 Å². The fourth-order valence-electron chi connectivity index (χ4n) is 3.95. The Balaban J connectivity index is 2.50. The third kappa shape index (κ3) is 5.37. The van der Waals surface area contributed by atoms with Gasteiger partial charge in [0.25, 0.3) is 0 Å². The molecule has 200 valence electrons. The highest BCUT2D eigenvalue weighted by Gasteiger charge is 2.31. The summed E-state index contributed by atoms with van der Waals surface area (Å²) in [5.41, 5.74) is 0. The highest BCUT2D eigenvalue weighted by atomic mass is 31.1. The van der Waals surface area contributed by atoms with Crippen molar-refractivity contribution in [2.75, 3.05) is 64.0 Å². The maximum Gasteiger partial charge on any atom is 0.164 e. The lowest BCUT2D eigenvalue weighted by molar-refractivity contribution is 0.349. The Bertz CT molecular complexity index is 1080. The summed E-state index contributed by atoms with van der Waals surface area (Å²) in [6.45, 7) is 0. The van der Waals surface area contributed by atoms with Gasteiger partial charge in [0, 0.05) is 34.1 Å². The molecule has 10 heteroatoms. The molecule has 0 amide bonds. The van der Waals surface area contributed by atoms with Crippen LogP contribution in [-0.4, -0.2) is 64.0 Å². The second kappa shape index (κ2) is 12.5. The molecule has 0 bridgehead atoms. The van der Waals surface area contributed by atoms with Crippen molar-refractivity contribution in [3.8, 4) is 51.7 Å². The highest BCUT2D eigenvalue weighted by Crippen LogP contribution is 2.48. The molecule has 0 atom stereocenters. The predicted molar refractivity (Wildman–Crippen MR) is 144 cm³/mol. The zero-order valence-electron chi connectivity index (χ0n) is 22.6. The zero-order chi connectivity index (χ0) is 27.1. The van der Waals surface area contributed by atoms with Gasteiger partial charge in [0.05, 0.1) is 64.0 Å². The van der Waals surface area contributed by atoms with Crippen LogP contribution in [0.4, 0.5) is 0 Å². The molecule has 0 saturated heterocycles. The van der Waals surface area contributed by atoms with Crippen molar-refractivity contribution in [2.45, 2.75) is 0 Å². The van der Waals surface area contributed by atoms with Crippen LogP contribution in [0, 0.1) is 0 Å². The molecule has 0 N–H and O–H groups in total. The van der Waals surface area contributed by atoms with Crippen molar-refractivity contribution in [2.24, 2.45) is 0 Å². The van der Waals surface area contributed by atoms with Crippen LogP contribution in [0.25, 0.3) is 0 Å². The molecular weight excluding hydrogens is 499 g/mol. The number of hydrogen-bond donors (Lipinski definition) is 0. The Morgan fingerprint density at radius 2 is 0.486 bits per heavy atom. The van der Waals surface area contributed by atoms with E-state index in [4.69, 9.17) is 42.6 Å². The second-order valence-electron chi connectivity index (χ2n) is 7.47. The Morgan fingerprint density at radius 3 is 0.676 bits per heavy atom. The molecule has 0 aliphatic carbocycles. The van der Waals surface area contributed by atoms with Gasteiger partial charge in [0.2, 0.25) is 0 Å². The van der Waals surface area contributed by atoms with Gasteiger partial charge in [-0.2, -0.15) is 0 Å². The summed E-state index contributed by atoms with van der Waals surface area (Å²) in [6.07, 6.45) is 0. The minimum atomic E-state index is -1.43. The van der Waals surface area contributed by atoms with Crippen LogP contribution >= 0.6 is 7.92 Å². The predicted octanol–water partition coefficient (Wildman–Crippen LogP) is 3.52. The second-order valence-corrected chi connectivity index (χ2v) is 9.59. The number of rotatable bonds is 12. The van der Waals surface area contributed by atoms with E-state index in [2.05, 4.69) is 0 Å². The Morgan fingerprint density at radius 1 is 0.297 bits per heavy atom. The maximum absolute atomic E-state index is 5.85. The third-order valence-corrected chi connectivity index (χ3v) is 8.27. The third-order valence-electron chi connectivity index (χ3n) is 5.78. The average molecular weight is 533 g/mol. The molecule has 9 nitrogen and oxygen atoms in total. The van der Waals surface area contributed by atoms with Gasteiger partial charge in [-0.05, 0) is 26.1 Å². The van der Waals surface area contributed by atoms with E-state index in [1.165, 1.54) is 0 Å². The van der Waals surface area contributed by atoms with Crippen molar-refractivity contribution < 1.29 is 42.6 Å². The molecule has 3 rings (SSSR count). The first-order chi connectivity index (χ1) is 17.9. The van der Waals surface area contributed by atoms with Gasteiger partial charge in [-0.3, -0.25) is 0 Å². The van der Waals surface area contributed by atoms with Crippen LogP contribution in [0.1, 0.15) is 0 Å². The largest absolute Gasteiger partial charge is 0.496 e. The summed E-state index contributed by atoms with van der Waals surface area (Å²) in [5, 5.41) is 2.48. The molecule has 0 spiro atoms. The monoisotopic (exact) mass is 532 g/mol. The molecule has 0 heterocycles. The number of hydrogen-bond acceptors (Lipinski definition) is 9. The van der Waals surface area contributed by atoms with Crippen LogP contribution in [0.2, 0.25) is 0 Å². The molecule has 3 aromatic carbocycles. The molecule has 0 aliphatic rings. The van der Waals surface area contributed by atoms with Gasteiger partial charge in [-0.15, -0.1) is 0 Å². The summed E-state index contributed by atoms with van der Waals surface area (Å²) in [6, 6.07) is 11.1. The first-order valence-corrected chi connectivity index (χ1v) is 12.5. The summed E-state index contributed by atoms with van der Waals surface area (Å²) in [7, 11) is 12.9. The van der Waals surface area contributed by atoms with Crippen LogP contribution in [0.15, 0.2) is 36.4 Å². The molecule has 37 heavy (non-hydrogen) atoms. The Kier molecular flexibility index (Phi) is 9.42. The van der Waals surface area contributed by atoms with Gasteiger partial charge >= 0.3 is 0 Å². The summed E-state index contributed by atoms with van der Waals surface area (Å²) in [4.78, 5) is 0. The fraction of sp³-hybridized carbons (Fsp3) is 0.333. The van der Waals surface area contributed by atoms with E-state index in [0.717, 1.165) is 15.9 Å². The lowest BCUT2D eigenvalue weighted by Crippen LogP contribution is -2.25.